The molecule has 5 rings (SSSR count). The highest BCUT2D eigenvalue weighted by molar-refractivity contribution is 5.92. The first-order valence-corrected chi connectivity index (χ1v) is 11.7. The second kappa shape index (κ2) is 8.60. The Bertz CT molecular complexity index is 961. The molecule has 30 heavy (non-hydrogen) atoms. The van der Waals surface area contributed by atoms with Gasteiger partial charge in [0.2, 0.25) is 0 Å². The minimum Gasteiger partial charge on any atom is -0.490 e. The molecule has 1 aromatic carbocycles. The molecule has 3 aliphatic rings. The van der Waals surface area contributed by atoms with E-state index in [1.165, 1.54) is 47.0 Å². The van der Waals surface area contributed by atoms with E-state index in [4.69, 9.17) is 9.47 Å². The Kier molecular flexibility index (Phi) is 5.70. The summed E-state index contributed by atoms with van der Waals surface area (Å²) in [6, 6.07) is 7.78. The van der Waals surface area contributed by atoms with Gasteiger partial charge in [0.05, 0.1) is 24.4 Å². The van der Waals surface area contributed by atoms with Gasteiger partial charge < -0.3 is 19.4 Å². The largest absolute Gasteiger partial charge is 0.490 e. The van der Waals surface area contributed by atoms with Crippen molar-refractivity contribution in [1.82, 2.24) is 9.88 Å². The molecule has 2 aromatic rings. The highest BCUT2D eigenvalue weighted by Gasteiger charge is 2.27. The Balaban J connectivity index is 1.56. The molecule has 1 aliphatic heterocycles. The van der Waals surface area contributed by atoms with E-state index < -0.39 is 0 Å². The van der Waals surface area contributed by atoms with Crippen molar-refractivity contribution in [3.63, 3.8) is 0 Å². The number of nitrogens with one attached hydrogen (secondary N) is 1. The Morgan fingerprint density at radius 2 is 1.93 bits per heavy atom. The van der Waals surface area contributed by atoms with Gasteiger partial charge in [0.25, 0.3) is 0 Å². The van der Waals surface area contributed by atoms with Crippen molar-refractivity contribution in [2.45, 2.75) is 70.1 Å². The third-order valence-corrected chi connectivity index (χ3v) is 7.13. The molecule has 1 aromatic heterocycles. The normalized spacial score (nSPS) is 23.3. The highest BCUT2D eigenvalue weighted by Crippen LogP contribution is 2.42. The monoisotopic (exact) mass is 406 g/mol. The van der Waals surface area contributed by atoms with E-state index in [2.05, 4.69) is 60.3 Å². The second-order valence-corrected chi connectivity index (χ2v) is 9.03. The molecule has 0 amide bonds. The van der Waals surface area contributed by atoms with Crippen LogP contribution in [0.5, 0.6) is 5.75 Å². The molecule has 1 unspecified atom stereocenters. The van der Waals surface area contributed by atoms with Crippen LogP contribution in [0.2, 0.25) is 0 Å². The number of allylic oxidation sites excluding steroid dienone is 3. The molecule has 4 heteroatoms. The fourth-order valence-corrected chi connectivity index (χ4v) is 5.11. The van der Waals surface area contributed by atoms with Crippen molar-refractivity contribution < 1.29 is 9.47 Å². The fraction of sp³-hybridized carbons (Fsp3) is 0.538. The highest BCUT2D eigenvalue weighted by atomic mass is 16.5. The maximum absolute atomic E-state index is 6.36. The van der Waals surface area contributed by atoms with Crippen LogP contribution >= 0.6 is 0 Å². The Morgan fingerprint density at radius 1 is 1.10 bits per heavy atom. The molecule has 1 saturated carbocycles. The molecule has 4 nitrogen and oxygen atoms in total. The molecule has 1 saturated heterocycles. The first kappa shape index (κ1) is 19.9. The van der Waals surface area contributed by atoms with Gasteiger partial charge in [-0.2, -0.15) is 0 Å². The zero-order valence-corrected chi connectivity index (χ0v) is 18.3. The van der Waals surface area contributed by atoms with E-state index in [0.717, 1.165) is 44.6 Å². The summed E-state index contributed by atoms with van der Waals surface area (Å²) in [4.78, 5) is 0. The molecule has 2 aliphatic carbocycles. The molecule has 2 fully saturated rings. The minimum absolute atomic E-state index is 0.273. The summed E-state index contributed by atoms with van der Waals surface area (Å²) in [5, 5.41) is 4.77. The SMILES string of the molecule is CNC1C=CC(c2c(C)c3ccc(OC4CCOCC4)cc3n2C2CCC2)=CCC1. The quantitative estimate of drug-likeness (QED) is 0.707. The predicted octanol–water partition coefficient (Wildman–Crippen LogP) is 5.55. The van der Waals surface area contributed by atoms with Gasteiger partial charge in [-0.3, -0.25) is 0 Å². The van der Waals surface area contributed by atoms with Crippen LogP contribution in [-0.2, 0) is 4.74 Å². The molecule has 1 atom stereocenters. The van der Waals surface area contributed by atoms with Crippen LogP contribution in [0.4, 0.5) is 0 Å². The molecular formula is C26H34N2O2. The molecule has 160 valence electrons. The van der Waals surface area contributed by atoms with E-state index in [9.17, 15) is 0 Å². The van der Waals surface area contributed by atoms with Gasteiger partial charge in [-0.15, -0.1) is 0 Å². The summed E-state index contributed by atoms with van der Waals surface area (Å²) in [6.07, 6.45) is 15.5. The van der Waals surface area contributed by atoms with E-state index in [1.54, 1.807) is 0 Å². The van der Waals surface area contributed by atoms with Crippen molar-refractivity contribution in [3.8, 4) is 5.75 Å². The lowest BCUT2D eigenvalue weighted by Gasteiger charge is -2.31. The lowest BCUT2D eigenvalue weighted by molar-refractivity contribution is 0.0256. The lowest BCUT2D eigenvalue weighted by Crippen LogP contribution is -2.25. The van der Waals surface area contributed by atoms with E-state index in [0.29, 0.717) is 12.1 Å². The number of likely N-dealkylation sites (N-methyl/N-ethyl adjacent to an activating group) is 1. The molecule has 1 N–H and O–H groups in total. The molecule has 0 bridgehead atoms. The molecule has 2 heterocycles. The van der Waals surface area contributed by atoms with Gasteiger partial charge in [0.15, 0.2) is 0 Å². The average molecular weight is 407 g/mol. The molecular weight excluding hydrogens is 372 g/mol. The van der Waals surface area contributed by atoms with Gasteiger partial charge in [-0.25, -0.2) is 0 Å². The van der Waals surface area contributed by atoms with Gasteiger partial charge in [0.1, 0.15) is 11.9 Å². The standard InChI is InChI=1S/C26H34N2O2/c1-18-24-12-11-23(30-22-13-15-29-16-14-22)17-25(24)28(21-7-4-8-21)26(18)19-5-3-6-20(27-2)10-9-19/h5,9-12,17,20-22,27H,3-4,6-8,13-16H2,1-2H3. The summed E-state index contributed by atoms with van der Waals surface area (Å²) in [5.41, 5.74) is 5.51. The first-order valence-electron chi connectivity index (χ1n) is 11.7. The Labute approximate surface area is 179 Å². The second-order valence-electron chi connectivity index (χ2n) is 9.03. The van der Waals surface area contributed by atoms with Crippen LogP contribution in [-0.4, -0.2) is 37.0 Å². The summed E-state index contributed by atoms with van der Waals surface area (Å²) in [6.45, 7) is 3.91. The number of benzene rings is 1. The maximum atomic E-state index is 6.36. The minimum atomic E-state index is 0.273. The number of aryl methyl sites for hydroxylation is 1. The van der Waals surface area contributed by atoms with Crippen LogP contribution in [0.3, 0.4) is 0 Å². The predicted molar refractivity (Wildman–Crippen MR) is 123 cm³/mol. The molecule has 0 radical (unpaired) electrons. The molecule has 0 spiro atoms. The van der Waals surface area contributed by atoms with Crippen molar-refractivity contribution >= 4 is 16.5 Å². The van der Waals surface area contributed by atoms with Crippen molar-refractivity contribution in [1.29, 1.82) is 0 Å². The third-order valence-electron chi connectivity index (χ3n) is 7.13. The van der Waals surface area contributed by atoms with Gasteiger partial charge >= 0.3 is 0 Å². The summed E-state index contributed by atoms with van der Waals surface area (Å²) >= 11 is 0. The Morgan fingerprint density at radius 3 is 2.67 bits per heavy atom. The van der Waals surface area contributed by atoms with Crippen LogP contribution in [0.25, 0.3) is 16.5 Å². The van der Waals surface area contributed by atoms with E-state index >= 15 is 0 Å². The smallest absolute Gasteiger partial charge is 0.121 e. The van der Waals surface area contributed by atoms with Gasteiger partial charge in [-0.1, -0.05) is 18.2 Å². The van der Waals surface area contributed by atoms with Crippen LogP contribution in [0, 0.1) is 6.92 Å². The number of ether oxygens (including phenoxy) is 2. The number of aromatic nitrogens is 1. The number of nitrogens with zero attached hydrogens (tertiary/aromatic N) is 1. The van der Waals surface area contributed by atoms with Crippen molar-refractivity contribution in [2.24, 2.45) is 0 Å². The van der Waals surface area contributed by atoms with Crippen LogP contribution in [0.1, 0.15) is 62.2 Å². The summed E-state index contributed by atoms with van der Waals surface area (Å²) < 4.78 is 14.5. The summed E-state index contributed by atoms with van der Waals surface area (Å²) in [7, 11) is 2.05. The first-order chi connectivity index (χ1) is 14.7. The number of hydrogen-bond donors (Lipinski definition) is 1. The maximum Gasteiger partial charge on any atom is 0.121 e. The van der Waals surface area contributed by atoms with Gasteiger partial charge in [0, 0.05) is 36.4 Å². The van der Waals surface area contributed by atoms with E-state index in [1.807, 2.05) is 0 Å². The topological polar surface area (TPSA) is 35.4 Å². The number of fused-ring (bicyclic) bond motifs is 1. The lowest BCUT2D eigenvalue weighted by atomic mass is 9.92. The summed E-state index contributed by atoms with van der Waals surface area (Å²) in [5.74, 6) is 1.000. The Hall–Kier alpha value is -2.04. The fourth-order valence-electron chi connectivity index (χ4n) is 5.11. The number of hydrogen-bond acceptors (Lipinski definition) is 3. The van der Waals surface area contributed by atoms with E-state index in [-0.39, 0.29) is 6.10 Å². The zero-order valence-electron chi connectivity index (χ0n) is 18.3. The average Bonchev–Trinajstić information content (AvgIpc) is 2.88. The van der Waals surface area contributed by atoms with Crippen molar-refractivity contribution in [3.05, 3.63) is 47.7 Å². The van der Waals surface area contributed by atoms with Gasteiger partial charge in [-0.05, 0) is 69.3 Å². The zero-order chi connectivity index (χ0) is 20.5. The van der Waals surface area contributed by atoms with Crippen LogP contribution < -0.4 is 10.1 Å². The van der Waals surface area contributed by atoms with Crippen LogP contribution in [0.15, 0.2) is 36.4 Å². The van der Waals surface area contributed by atoms with Crippen molar-refractivity contribution in [2.75, 3.05) is 20.3 Å². The third kappa shape index (κ3) is 3.72. The number of rotatable bonds is 5.